The van der Waals surface area contributed by atoms with E-state index in [1.165, 1.54) is 0 Å². The molecule has 7 nitrogen and oxygen atoms in total. The molecule has 0 radical (unpaired) electrons. The van der Waals surface area contributed by atoms with Crippen LogP contribution in [0.4, 0.5) is 0 Å². The maximum absolute atomic E-state index is 12.5. The lowest BCUT2D eigenvalue weighted by Gasteiger charge is -2.27. The minimum absolute atomic E-state index is 0.117. The van der Waals surface area contributed by atoms with Crippen molar-refractivity contribution < 1.29 is 19.2 Å². The molecule has 22 heavy (non-hydrogen) atoms. The topological polar surface area (TPSA) is 99.3 Å². The van der Waals surface area contributed by atoms with Crippen molar-refractivity contribution in [3.05, 3.63) is 35.7 Å². The highest BCUT2D eigenvalue weighted by atomic mass is 16.2. The molecule has 0 spiro atoms. The Morgan fingerprint density at radius 2 is 1.55 bits per heavy atom. The number of carbonyl (C=O) groups excluding carboxylic acids is 4. The zero-order valence-electron chi connectivity index (χ0n) is 11.4. The molecule has 7 heteroatoms. The van der Waals surface area contributed by atoms with Crippen molar-refractivity contribution >= 4 is 34.4 Å². The van der Waals surface area contributed by atoms with Gasteiger partial charge in [-0.25, -0.2) is 0 Å². The number of rotatable bonds is 1. The maximum atomic E-state index is 12.5. The van der Waals surface area contributed by atoms with Gasteiger partial charge in [-0.2, -0.15) is 0 Å². The van der Waals surface area contributed by atoms with Crippen molar-refractivity contribution in [1.82, 2.24) is 15.2 Å². The molecule has 2 N–H and O–H groups in total. The van der Waals surface area contributed by atoms with Crippen LogP contribution in [0.5, 0.6) is 0 Å². The number of nitrogens with one attached hydrogen (secondary N) is 2. The second-order valence-corrected chi connectivity index (χ2v) is 5.43. The van der Waals surface area contributed by atoms with E-state index < -0.39 is 23.8 Å². The molecule has 1 atom stereocenters. The molecule has 0 bridgehead atoms. The summed E-state index contributed by atoms with van der Waals surface area (Å²) in [7, 11) is 0. The Labute approximate surface area is 124 Å². The van der Waals surface area contributed by atoms with Crippen LogP contribution < -0.4 is 5.32 Å². The van der Waals surface area contributed by atoms with Crippen LogP contribution in [-0.4, -0.2) is 39.6 Å². The Morgan fingerprint density at radius 1 is 0.955 bits per heavy atom. The number of aromatic nitrogens is 1. The third-order valence-corrected chi connectivity index (χ3v) is 4.12. The fourth-order valence-corrected chi connectivity index (χ4v) is 3.02. The smallest absolute Gasteiger partial charge is 0.262 e. The molecule has 4 amide bonds. The number of fused-ring (bicyclic) bond motifs is 2. The summed E-state index contributed by atoms with van der Waals surface area (Å²) in [6.45, 7) is 0. The molecule has 2 aliphatic heterocycles. The summed E-state index contributed by atoms with van der Waals surface area (Å²) in [5, 5.41) is 3.82. The van der Waals surface area contributed by atoms with Gasteiger partial charge >= 0.3 is 0 Å². The first-order chi connectivity index (χ1) is 10.6. The number of hydrogen-bond donors (Lipinski definition) is 2. The monoisotopic (exact) mass is 297 g/mol. The third-order valence-electron chi connectivity index (χ3n) is 4.12. The molecule has 1 aromatic heterocycles. The average Bonchev–Trinajstić information content (AvgIpc) is 3.03. The van der Waals surface area contributed by atoms with Gasteiger partial charge in [0, 0.05) is 18.8 Å². The molecule has 1 aromatic carbocycles. The van der Waals surface area contributed by atoms with Crippen LogP contribution in [0.1, 0.15) is 33.6 Å². The first-order valence-corrected chi connectivity index (χ1v) is 6.88. The van der Waals surface area contributed by atoms with Crippen molar-refractivity contribution in [2.75, 3.05) is 0 Å². The number of hydrogen-bond acceptors (Lipinski definition) is 4. The summed E-state index contributed by atoms with van der Waals surface area (Å²) in [6, 6.07) is 2.37. The van der Waals surface area contributed by atoms with Crippen molar-refractivity contribution in [3.8, 4) is 0 Å². The van der Waals surface area contributed by atoms with Gasteiger partial charge in [0.1, 0.15) is 6.04 Å². The maximum Gasteiger partial charge on any atom is 0.262 e. The SMILES string of the molecule is O=C1CC[C@@H](N2C(=O)c3cc4c[nH]cc4cc3C2=O)C(=O)N1. The van der Waals surface area contributed by atoms with Crippen molar-refractivity contribution in [2.24, 2.45) is 0 Å². The van der Waals surface area contributed by atoms with E-state index in [9.17, 15) is 19.2 Å². The molecule has 0 unspecified atom stereocenters. The number of piperidine rings is 1. The van der Waals surface area contributed by atoms with Gasteiger partial charge in [-0.3, -0.25) is 29.4 Å². The molecule has 4 rings (SSSR count). The highest BCUT2D eigenvalue weighted by molar-refractivity contribution is 6.24. The Morgan fingerprint density at radius 3 is 2.09 bits per heavy atom. The summed E-state index contributed by atoms with van der Waals surface area (Å²) in [4.78, 5) is 52.1. The van der Waals surface area contributed by atoms with E-state index in [2.05, 4.69) is 10.3 Å². The Bertz CT molecular complexity index is 817. The Hall–Kier alpha value is -2.96. The van der Waals surface area contributed by atoms with Gasteiger partial charge in [-0.15, -0.1) is 0 Å². The molecule has 3 heterocycles. The molecular formula is C15H11N3O4. The van der Waals surface area contributed by atoms with E-state index in [4.69, 9.17) is 0 Å². The van der Waals surface area contributed by atoms with E-state index in [1.54, 1.807) is 24.5 Å². The zero-order valence-corrected chi connectivity index (χ0v) is 11.4. The van der Waals surface area contributed by atoms with Gasteiger partial charge in [-0.05, 0) is 29.3 Å². The second kappa shape index (κ2) is 4.27. The van der Waals surface area contributed by atoms with Crippen LogP contribution in [0, 0.1) is 0 Å². The molecular weight excluding hydrogens is 286 g/mol. The van der Waals surface area contributed by atoms with Crippen LogP contribution in [0.15, 0.2) is 24.5 Å². The van der Waals surface area contributed by atoms with Crippen molar-refractivity contribution in [3.63, 3.8) is 0 Å². The minimum Gasteiger partial charge on any atom is -0.366 e. The van der Waals surface area contributed by atoms with Crippen molar-refractivity contribution in [2.45, 2.75) is 18.9 Å². The largest absolute Gasteiger partial charge is 0.366 e. The standard InChI is InChI=1S/C15H11N3O4/c19-12-2-1-11(13(20)17-12)18-14(21)9-3-7-5-16-6-8(7)4-10(9)15(18)22/h3-6,11,16H,1-2H2,(H,17,19,20)/t11-/m1/s1. The number of benzene rings is 1. The van der Waals surface area contributed by atoms with Gasteiger partial charge in [0.25, 0.3) is 11.8 Å². The molecule has 110 valence electrons. The van der Waals surface area contributed by atoms with Gasteiger partial charge in [0.15, 0.2) is 0 Å². The Balaban J connectivity index is 1.77. The quantitative estimate of drug-likeness (QED) is 0.752. The van der Waals surface area contributed by atoms with Crippen LogP contribution in [0.3, 0.4) is 0 Å². The van der Waals surface area contributed by atoms with E-state index in [0.717, 1.165) is 15.7 Å². The molecule has 2 aromatic rings. The highest BCUT2D eigenvalue weighted by Crippen LogP contribution is 2.30. The normalized spacial score (nSPS) is 21.5. The van der Waals surface area contributed by atoms with Gasteiger partial charge < -0.3 is 4.98 Å². The number of aromatic amines is 1. The molecule has 0 aliphatic carbocycles. The summed E-state index contributed by atoms with van der Waals surface area (Å²) in [5.41, 5.74) is 0.587. The summed E-state index contributed by atoms with van der Waals surface area (Å²) < 4.78 is 0. The summed E-state index contributed by atoms with van der Waals surface area (Å²) in [5.74, 6) is -1.96. The highest BCUT2D eigenvalue weighted by Gasteiger charge is 2.44. The lowest BCUT2D eigenvalue weighted by molar-refractivity contribution is -0.136. The predicted molar refractivity (Wildman–Crippen MR) is 75.0 cm³/mol. The first-order valence-electron chi connectivity index (χ1n) is 6.88. The Kier molecular flexibility index (Phi) is 2.47. The third kappa shape index (κ3) is 1.62. The van der Waals surface area contributed by atoms with Gasteiger partial charge in [-0.1, -0.05) is 0 Å². The number of imide groups is 2. The average molecular weight is 297 g/mol. The number of amides is 4. The van der Waals surface area contributed by atoms with E-state index in [-0.39, 0.29) is 18.7 Å². The van der Waals surface area contributed by atoms with E-state index in [1.807, 2.05) is 0 Å². The van der Waals surface area contributed by atoms with Gasteiger partial charge in [0.05, 0.1) is 11.1 Å². The fraction of sp³-hybridized carbons (Fsp3) is 0.200. The second-order valence-electron chi connectivity index (χ2n) is 5.43. The predicted octanol–water partition coefficient (Wildman–Crippen LogP) is 0.569. The zero-order chi connectivity index (χ0) is 15.4. The van der Waals surface area contributed by atoms with Crippen LogP contribution in [0.2, 0.25) is 0 Å². The summed E-state index contributed by atoms with van der Waals surface area (Å²) >= 11 is 0. The van der Waals surface area contributed by atoms with Crippen molar-refractivity contribution in [1.29, 1.82) is 0 Å². The lowest BCUT2D eigenvalue weighted by Crippen LogP contribution is -2.54. The van der Waals surface area contributed by atoms with Crippen LogP contribution in [-0.2, 0) is 9.59 Å². The van der Waals surface area contributed by atoms with Gasteiger partial charge in [0.2, 0.25) is 11.8 Å². The summed E-state index contributed by atoms with van der Waals surface area (Å²) in [6.07, 6.45) is 3.76. The number of carbonyl (C=O) groups is 4. The molecule has 0 saturated carbocycles. The van der Waals surface area contributed by atoms with E-state index >= 15 is 0 Å². The molecule has 2 aliphatic rings. The fourth-order valence-electron chi connectivity index (χ4n) is 3.02. The minimum atomic E-state index is -0.925. The number of nitrogens with zero attached hydrogens (tertiary/aromatic N) is 1. The van der Waals surface area contributed by atoms with Crippen LogP contribution >= 0.6 is 0 Å². The molecule has 1 saturated heterocycles. The molecule has 1 fully saturated rings. The lowest BCUT2D eigenvalue weighted by atomic mass is 10.0. The van der Waals surface area contributed by atoms with E-state index in [0.29, 0.717) is 11.1 Å². The first kappa shape index (κ1) is 12.8. The van der Waals surface area contributed by atoms with Crippen LogP contribution in [0.25, 0.3) is 10.8 Å². The number of H-pyrrole nitrogens is 1.